The van der Waals surface area contributed by atoms with Gasteiger partial charge in [0, 0.05) is 12.1 Å². The van der Waals surface area contributed by atoms with Crippen LogP contribution in [0.3, 0.4) is 0 Å². The summed E-state index contributed by atoms with van der Waals surface area (Å²) in [5.41, 5.74) is 1.54. The van der Waals surface area contributed by atoms with Crippen molar-refractivity contribution in [2.75, 3.05) is 5.32 Å². The van der Waals surface area contributed by atoms with Gasteiger partial charge in [0.1, 0.15) is 0 Å². The first-order valence-corrected chi connectivity index (χ1v) is 5.17. The number of carboxylic acids is 1. The van der Waals surface area contributed by atoms with Gasteiger partial charge in [-0.05, 0) is 37.1 Å². The van der Waals surface area contributed by atoms with Crippen molar-refractivity contribution in [2.45, 2.75) is 26.7 Å². The predicted octanol–water partition coefficient (Wildman–Crippen LogP) is 2.43. The van der Waals surface area contributed by atoms with Crippen LogP contribution < -0.4 is 5.32 Å². The molecule has 0 saturated carbocycles. The van der Waals surface area contributed by atoms with Gasteiger partial charge in [0.15, 0.2) is 0 Å². The van der Waals surface area contributed by atoms with Gasteiger partial charge in [-0.15, -0.1) is 0 Å². The molecule has 0 fully saturated rings. The first-order valence-electron chi connectivity index (χ1n) is 5.17. The Hall–Kier alpha value is -1.84. The molecule has 0 radical (unpaired) electrons. The minimum absolute atomic E-state index is 0.0931. The van der Waals surface area contributed by atoms with E-state index in [9.17, 15) is 9.59 Å². The summed E-state index contributed by atoms with van der Waals surface area (Å²) in [5, 5.41) is 11.5. The van der Waals surface area contributed by atoms with Crippen LogP contribution in [-0.2, 0) is 4.79 Å². The average molecular weight is 221 g/mol. The molecule has 0 saturated heterocycles. The highest BCUT2D eigenvalue weighted by Crippen LogP contribution is 2.15. The summed E-state index contributed by atoms with van der Waals surface area (Å²) >= 11 is 0. The lowest BCUT2D eigenvalue weighted by Crippen LogP contribution is -2.11. The summed E-state index contributed by atoms with van der Waals surface area (Å²) in [6.07, 6.45) is 1.21. The molecule has 86 valence electrons. The van der Waals surface area contributed by atoms with Crippen molar-refractivity contribution in [1.82, 2.24) is 0 Å². The number of aryl methyl sites for hydroxylation is 1. The summed E-state index contributed by atoms with van der Waals surface area (Å²) in [7, 11) is 0. The zero-order valence-corrected chi connectivity index (χ0v) is 9.41. The highest BCUT2D eigenvalue weighted by molar-refractivity contribution is 5.94. The molecule has 4 nitrogen and oxygen atoms in total. The number of rotatable bonds is 4. The molecule has 4 heteroatoms. The van der Waals surface area contributed by atoms with Crippen molar-refractivity contribution < 1.29 is 14.7 Å². The Bertz CT molecular complexity index is 413. The van der Waals surface area contributed by atoms with E-state index in [0.29, 0.717) is 12.1 Å². The second-order valence-corrected chi connectivity index (χ2v) is 3.69. The van der Waals surface area contributed by atoms with Crippen LogP contribution in [0, 0.1) is 6.92 Å². The topological polar surface area (TPSA) is 66.4 Å². The molecule has 16 heavy (non-hydrogen) atoms. The molecule has 1 aromatic carbocycles. The molecule has 0 bridgehead atoms. The standard InChI is InChI=1S/C12H15NO3/c1-3-4-11(14)13-10-6-8(2)5-9(7-10)12(15)16/h5-7H,3-4H2,1-2H3,(H,13,14)(H,15,16). The van der Waals surface area contributed by atoms with Crippen LogP contribution >= 0.6 is 0 Å². The summed E-state index contributed by atoms with van der Waals surface area (Å²) in [5.74, 6) is -1.08. The van der Waals surface area contributed by atoms with Crippen LogP contribution in [0.15, 0.2) is 18.2 Å². The third-order valence-electron chi connectivity index (χ3n) is 2.09. The molecular formula is C12H15NO3. The number of carbonyl (C=O) groups excluding carboxylic acids is 1. The molecule has 0 spiro atoms. The number of benzene rings is 1. The Morgan fingerprint density at radius 2 is 2.00 bits per heavy atom. The summed E-state index contributed by atoms with van der Waals surface area (Å²) in [6.45, 7) is 3.71. The molecule has 1 aromatic rings. The maximum atomic E-state index is 11.3. The molecule has 0 aliphatic rings. The minimum Gasteiger partial charge on any atom is -0.478 e. The first-order chi connectivity index (χ1) is 7.52. The molecule has 0 atom stereocenters. The maximum absolute atomic E-state index is 11.3. The van der Waals surface area contributed by atoms with E-state index >= 15 is 0 Å². The lowest BCUT2D eigenvalue weighted by molar-refractivity contribution is -0.116. The Balaban J connectivity index is 2.88. The highest BCUT2D eigenvalue weighted by Gasteiger charge is 2.07. The largest absolute Gasteiger partial charge is 0.478 e. The number of hydrogen-bond donors (Lipinski definition) is 2. The van der Waals surface area contributed by atoms with E-state index in [1.165, 1.54) is 6.07 Å². The molecule has 0 aliphatic heterocycles. The van der Waals surface area contributed by atoms with E-state index in [1.54, 1.807) is 19.1 Å². The van der Waals surface area contributed by atoms with Gasteiger partial charge in [-0.3, -0.25) is 4.79 Å². The van der Waals surface area contributed by atoms with Crippen LogP contribution in [0.4, 0.5) is 5.69 Å². The van der Waals surface area contributed by atoms with Gasteiger partial charge in [-0.1, -0.05) is 6.92 Å². The van der Waals surface area contributed by atoms with Crippen molar-refractivity contribution in [1.29, 1.82) is 0 Å². The second-order valence-electron chi connectivity index (χ2n) is 3.69. The minimum atomic E-state index is -0.991. The van der Waals surface area contributed by atoms with Crippen molar-refractivity contribution in [3.8, 4) is 0 Å². The van der Waals surface area contributed by atoms with Crippen LogP contribution in [-0.4, -0.2) is 17.0 Å². The van der Waals surface area contributed by atoms with Crippen LogP contribution in [0.2, 0.25) is 0 Å². The van der Waals surface area contributed by atoms with Gasteiger partial charge in [-0.25, -0.2) is 4.79 Å². The van der Waals surface area contributed by atoms with Crippen LogP contribution in [0.25, 0.3) is 0 Å². The number of carbonyl (C=O) groups is 2. The number of hydrogen-bond acceptors (Lipinski definition) is 2. The van der Waals surface area contributed by atoms with Crippen molar-refractivity contribution in [3.05, 3.63) is 29.3 Å². The molecule has 0 heterocycles. The summed E-state index contributed by atoms with van der Waals surface area (Å²) in [6, 6.07) is 4.78. The lowest BCUT2D eigenvalue weighted by Gasteiger charge is -2.06. The predicted molar refractivity (Wildman–Crippen MR) is 61.7 cm³/mol. The van der Waals surface area contributed by atoms with Crippen LogP contribution in [0.1, 0.15) is 35.7 Å². The fourth-order valence-corrected chi connectivity index (χ4v) is 1.43. The van der Waals surface area contributed by atoms with Gasteiger partial charge in [-0.2, -0.15) is 0 Å². The number of aromatic carboxylic acids is 1. The highest BCUT2D eigenvalue weighted by atomic mass is 16.4. The Kier molecular flexibility index (Phi) is 4.05. The lowest BCUT2D eigenvalue weighted by atomic mass is 10.1. The van der Waals surface area contributed by atoms with E-state index in [4.69, 9.17) is 5.11 Å². The Morgan fingerprint density at radius 1 is 1.31 bits per heavy atom. The van der Waals surface area contributed by atoms with Crippen molar-refractivity contribution in [2.24, 2.45) is 0 Å². The zero-order valence-electron chi connectivity index (χ0n) is 9.41. The smallest absolute Gasteiger partial charge is 0.335 e. The molecule has 1 rings (SSSR count). The fourth-order valence-electron chi connectivity index (χ4n) is 1.43. The molecular weight excluding hydrogens is 206 g/mol. The normalized spacial score (nSPS) is 9.88. The van der Waals surface area contributed by atoms with Crippen molar-refractivity contribution >= 4 is 17.6 Å². The number of amides is 1. The monoisotopic (exact) mass is 221 g/mol. The second kappa shape index (κ2) is 5.30. The first kappa shape index (κ1) is 12.2. The molecule has 2 N–H and O–H groups in total. The van der Waals surface area contributed by atoms with Crippen molar-refractivity contribution in [3.63, 3.8) is 0 Å². The van der Waals surface area contributed by atoms with E-state index in [2.05, 4.69) is 5.32 Å². The van der Waals surface area contributed by atoms with E-state index in [-0.39, 0.29) is 11.5 Å². The number of carboxylic acid groups (broad SMARTS) is 1. The number of anilines is 1. The van der Waals surface area contributed by atoms with E-state index in [0.717, 1.165) is 12.0 Å². The van der Waals surface area contributed by atoms with Gasteiger partial charge in [0.25, 0.3) is 0 Å². The Labute approximate surface area is 94.3 Å². The summed E-state index contributed by atoms with van der Waals surface area (Å²) in [4.78, 5) is 22.2. The molecule has 1 amide bonds. The average Bonchev–Trinajstić information content (AvgIpc) is 2.16. The Morgan fingerprint density at radius 3 is 2.56 bits per heavy atom. The van der Waals surface area contributed by atoms with E-state index in [1.807, 2.05) is 6.92 Å². The van der Waals surface area contributed by atoms with Gasteiger partial charge < -0.3 is 10.4 Å². The third-order valence-corrected chi connectivity index (χ3v) is 2.09. The summed E-state index contributed by atoms with van der Waals surface area (Å²) < 4.78 is 0. The number of nitrogens with one attached hydrogen (secondary N) is 1. The van der Waals surface area contributed by atoms with Gasteiger partial charge in [0.05, 0.1) is 5.56 Å². The molecule has 0 unspecified atom stereocenters. The maximum Gasteiger partial charge on any atom is 0.335 e. The third kappa shape index (κ3) is 3.38. The van der Waals surface area contributed by atoms with Gasteiger partial charge >= 0.3 is 5.97 Å². The van der Waals surface area contributed by atoms with E-state index < -0.39 is 5.97 Å². The molecule has 0 aliphatic carbocycles. The van der Waals surface area contributed by atoms with Gasteiger partial charge in [0.2, 0.25) is 5.91 Å². The quantitative estimate of drug-likeness (QED) is 0.820. The fraction of sp³-hybridized carbons (Fsp3) is 0.333. The zero-order chi connectivity index (χ0) is 12.1. The SMILES string of the molecule is CCCC(=O)Nc1cc(C)cc(C(=O)O)c1. The van der Waals surface area contributed by atoms with Crippen LogP contribution in [0.5, 0.6) is 0 Å². The molecule has 0 aromatic heterocycles.